The van der Waals surface area contributed by atoms with Gasteiger partial charge in [-0.25, -0.2) is 13.4 Å². The largest absolute Gasteiger partial charge is 0.302 e. The van der Waals surface area contributed by atoms with Crippen molar-refractivity contribution < 1.29 is 13.2 Å². The van der Waals surface area contributed by atoms with E-state index in [1.165, 1.54) is 15.6 Å². The van der Waals surface area contributed by atoms with Crippen molar-refractivity contribution in [1.29, 1.82) is 0 Å². The summed E-state index contributed by atoms with van der Waals surface area (Å²) >= 11 is 1.37. The number of carbonyl (C=O) groups is 1. The molecule has 1 aromatic heterocycles. The average molecular weight is 365 g/mol. The number of piperidine rings is 1. The molecule has 6 nitrogen and oxygen atoms in total. The Kier molecular flexibility index (Phi) is 4.98. The van der Waals surface area contributed by atoms with Crippen LogP contribution in [0.5, 0.6) is 0 Å². The summed E-state index contributed by atoms with van der Waals surface area (Å²) in [5.74, 6) is -0.529. The predicted octanol–water partition coefficient (Wildman–Crippen LogP) is 2.49. The highest BCUT2D eigenvalue weighted by molar-refractivity contribution is 7.89. The smallest absolute Gasteiger partial charge is 0.243 e. The minimum atomic E-state index is -3.56. The third kappa shape index (κ3) is 3.66. The predicted molar refractivity (Wildman–Crippen MR) is 93.4 cm³/mol. The van der Waals surface area contributed by atoms with E-state index in [2.05, 4.69) is 10.3 Å². The van der Waals surface area contributed by atoms with Gasteiger partial charge < -0.3 is 5.32 Å². The number of aryl methyl sites for hydroxylation is 1. The molecule has 0 saturated carbocycles. The Bertz CT molecular complexity index is 818. The number of amides is 1. The SMILES string of the molecule is Cc1csc(NC(=O)[C@H]2CCCN(S(=O)(=O)c3ccccc3)C2)n1. The molecule has 8 heteroatoms. The van der Waals surface area contributed by atoms with Crippen molar-refractivity contribution in [3.05, 3.63) is 41.4 Å². The Morgan fingerprint density at radius 3 is 2.75 bits per heavy atom. The van der Waals surface area contributed by atoms with Gasteiger partial charge >= 0.3 is 0 Å². The summed E-state index contributed by atoms with van der Waals surface area (Å²) in [6, 6.07) is 8.34. The van der Waals surface area contributed by atoms with E-state index in [1.807, 2.05) is 12.3 Å². The number of thiazole rings is 1. The molecule has 1 saturated heterocycles. The van der Waals surface area contributed by atoms with Gasteiger partial charge in [0.2, 0.25) is 15.9 Å². The van der Waals surface area contributed by atoms with E-state index in [0.717, 1.165) is 5.69 Å². The monoisotopic (exact) mass is 365 g/mol. The molecule has 0 aliphatic carbocycles. The number of nitrogens with one attached hydrogen (secondary N) is 1. The molecular weight excluding hydrogens is 346 g/mol. The summed E-state index contributed by atoms with van der Waals surface area (Å²) < 4.78 is 26.8. The summed E-state index contributed by atoms with van der Waals surface area (Å²) in [5, 5.41) is 5.21. The van der Waals surface area contributed by atoms with Crippen LogP contribution in [0.1, 0.15) is 18.5 Å². The Labute approximate surface area is 145 Å². The zero-order valence-corrected chi connectivity index (χ0v) is 14.9. The third-order valence-corrected chi connectivity index (χ3v) is 6.74. The van der Waals surface area contributed by atoms with Crippen molar-refractivity contribution >= 4 is 32.4 Å². The lowest BCUT2D eigenvalue weighted by atomic mass is 9.99. The van der Waals surface area contributed by atoms with Crippen LogP contribution in [-0.2, 0) is 14.8 Å². The molecule has 0 spiro atoms. The molecule has 0 bridgehead atoms. The van der Waals surface area contributed by atoms with Crippen molar-refractivity contribution in [2.45, 2.75) is 24.7 Å². The van der Waals surface area contributed by atoms with Crippen LogP contribution < -0.4 is 5.32 Å². The fourth-order valence-electron chi connectivity index (χ4n) is 2.74. The normalized spacial score (nSPS) is 19.1. The maximum Gasteiger partial charge on any atom is 0.243 e. The highest BCUT2D eigenvalue weighted by Crippen LogP contribution is 2.25. The minimum Gasteiger partial charge on any atom is -0.302 e. The van der Waals surface area contributed by atoms with Gasteiger partial charge in [-0.15, -0.1) is 11.3 Å². The highest BCUT2D eigenvalue weighted by atomic mass is 32.2. The molecule has 1 amide bonds. The summed E-state index contributed by atoms with van der Waals surface area (Å²) in [5.41, 5.74) is 0.854. The van der Waals surface area contributed by atoms with Crippen molar-refractivity contribution in [2.75, 3.05) is 18.4 Å². The van der Waals surface area contributed by atoms with Gasteiger partial charge in [0.05, 0.1) is 16.5 Å². The van der Waals surface area contributed by atoms with E-state index in [9.17, 15) is 13.2 Å². The third-order valence-electron chi connectivity index (χ3n) is 3.99. The van der Waals surface area contributed by atoms with E-state index < -0.39 is 10.0 Å². The molecule has 1 N–H and O–H groups in total. The first-order chi connectivity index (χ1) is 11.5. The standard InChI is InChI=1S/C16H19N3O3S2/c1-12-11-23-16(17-12)18-15(20)13-6-5-9-19(10-13)24(21,22)14-7-3-2-4-8-14/h2-4,7-8,11,13H,5-6,9-10H2,1H3,(H,17,18,20)/t13-/m0/s1. The van der Waals surface area contributed by atoms with Crippen LogP contribution in [0.3, 0.4) is 0 Å². The number of hydrogen-bond donors (Lipinski definition) is 1. The number of rotatable bonds is 4. The molecule has 2 aromatic rings. The summed E-state index contributed by atoms with van der Waals surface area (Å²) in [6.45, 7) is 2.51. The molecule has 1 aliphatic heterocycles. The van der Waals surface area contributed by atoms with Crippen molar-refractivity contribution in [1.82, 2.24) is 9.29 Å². The second-order valence-electron chi connectivity index (χ2n) is 5.80. The molecule has 2 heterocycles. The quantitative estimate of drug-likeness (QED) is 0.903. The molecule has 3 rings (SSSR count). The van der Waals surface area contributed by atoms with E-state index in [4.69, 9.17) is 0 Å². The van der Waals surface area contributed by atoms with Gasteiger partial charge in [-0.3, -0.25) is 4.79 Å². The van der Waals surface area contributed by atoms with Crippen molar-refractivity contribution in [3.8, 4) is 0 Å². The van der Waals surface area contributed by atoms with Gasteiger partial charge in [0, 0.05) is 18.5 Å². The Balaban J connectivity index is 1.71. The number of carbonyl (C=O) groups excluding carboxylic acids is 1. The Morgan fingerprint density at radius 1 is 1.33 bits per heavy atom. The first-order valence-corrected chi connectivity index (χ1v) is 10.1. The van der Waals surface area contributed by atoms with Crippen molar-refractivity contribution in [2.24, 2.45) is 5.92 Å². The van der Waals surface area contributed by atoms with E-state index in [1.54, 1.807) is 30.3 Å². The van der Waals surface area contributed by atoms with Gasteiger partial charge in [0.1, 0.15) is 0 Å². The topological polar surface area (TPSA) is 79.4 Å². The van der Waals surface area contributed by atoms with Gasteiger partial charge in [-0.05, 0) is 31.9 Å². The second-order valence-corrected chi connectivity index (χ2v) is 8.59. The molecule has 1 aliphatic rings. The average Bonchev–Trinajstić information content (AvgIpc) is 3.00. The number of hydrogen-bond acceptors (Lipinski definition) is 5. The van der Waals surface area contributed by atoms with Crippen LogP contribution in [0, 0.1) is 12.8 Å². The summed E-state index contributed by atoms with van der Waals surface area (Å²) in [6.07, 6.45) is 1.35. The number of sulfonamides is 1. The number of nitrogens with zero attached hydrogens (tertiary/aromatic N) is 2. The molecule has 128 valence electrons. The number of benzene rings is 1. The second kappa shape index (κ2) is 7.00. The maximum absolute atomic E-state index is 12.7. The fraction of sp³-hybridized carbons (Fsp3) is 0.375. The van der Waals surface area contributed by atoms with Gasteiger partial charge in [-0.2, -0.15) is 4.31 Å². The summed E-state index contributed by atoms with van der Waals surface area (Å²) in [4.78, 5) is 16.9. The zero-order valence-electron chi connectivity index (χ0n) is 13.3. The molecule has 1 atom stereocenters. The zero-order chi connectivity index (χ0) is 17.2. The fourth-order valence-corrected chi connectivity index (χ4v) is 4.97. The number of aromatic nitrogens is 1. The van der Waals surface area contributed by atoms with Crippen LogP contribution in [0.2, 0.25) is 0 Å². The van der Waals surface area contributed by atoms with Gasteiger partial charge in [0.25, 0.3) is 0 Å². The molecule has 1 aromatic carbocycles. The highest BCUT2D eigenvalue weighted by Gasteiger charge is 2.33. The lowest BCUT2D eigenvalue weighted by Gasteiger charge is -2.31. The molecule has 0 radical (unpaired) electrons. The van der Waals surface area contributed by atoms with E-state index in [-0.39, 0.29) is 23.3 Å². The van der Waals surface area contributed by atoms with Gasteiger partial charge in [0.15, 0.2) is 5.13 Å². The van der Waals surface area contributed by atoms with Crippen molar-refractivity contribution in [3.63, 3.8) is 0 Å². The van der Waals surface area contributed by atoms with Crippen LogP contribution in [0.15, 0.2) is 40.6 Å². The van der Waals surface area contributed by atoms with E-state index in [0.29, 0.717) is 24.5 Å². The molecular formula is C16H19N3O3S2. The summed E-state index contributed by atoms with van der Waals surface area (Å²) in [7, 11) is -3.56. The minimum absolute atomic E-state index is 0.169. The number of anilines is 1. The molecule has 1 fully saturated rings. The van der Waals surface area contributed by atoms with Crippen LogP contribution in [0.4, 0.5) is 5.13 Å². The van der Waals surface area contributed by atoms with Gasteiger partial charge in [-0.1, -0.05) is 18.2 Å². The lowest BCUT2D eigenvalue weighted by molar-refractivity contribution is -0.120. The lowest BCUT2D eigenvalue weighted by Crippen LogP contribution is -2.43. The van der Waals surface area contributed by atoms with Crippen LogP contribution >= 0.6 is 11.3 Å². The molecule has 24 heavy (non-hydrogen) atoms. The Hall–Kier alpha value is -1.77. The molecule has 0 unspecified atom stereocenters. The maximum atomic E-state index is 12.7. The first kappa shape index (κ1) is 17.1. The Morgan fingerprint density at radius 2 is 2.08 bits per heavy atom. The first-order valence-electron chi connectivity index (χ1n) is 7.75. The van der Waals surface area contributed by atoms with E-state index >= 15 is 0 Å². The van der Waals surface area contributed by atoms with Crippen LogP contribution in [0.25, 0.3) is 0 Å². The van der Waals surface area contributed by atoms with Crippen LogP contribution in [-0.4, -0.2) is 36.7 Å².